The summed E-state index contributed by atoms with van der Waals surface area (Å²) in [5.41, 5.74) is 2.17. The third-order valence-corrected chi connectivity index (χ3v) is 2.43. The van der Waals surface area contributed by atoms with Crippen LogP contribution >= 0.6 is 0 Å². The van der Waals surface area contributed by atoms with Crippen LogP contribution in [-0.2, 0) is 11.2 Å². The maximum absolute atomic E-state index is 11.5. The van der Waals surface area contributed by atoms with E-state index < -0.39 is 5.97 Å². The third kappa shape index (κ3) is 2.75. The normalized spacial score (nSPS) is 10.5. The zero-order chi connectivity index (χ0) is 13.8. The molecule has 0 aliphatic rings. The molecule has 0 bridgehead atoms. The Bertz CT molecular complexity index is 594. The Morgan fingerprint density at radius 3 is 2.74 bits per heavy atom. The molecule has 0 aromatic carbocycles. The van der Waals surface area contributed by atoms with Gasteiger partial charge in [0.05, 0.1) is 23.6 Å². The van der Waals surface area contributed by atoms with Crippen LogP contribution in [0.4, 0.5) is 0 Å². The lowest BCUT2D eigenvalue weighted by atomic mass is 10.1. The van der Waals surface area contributed by atoms with Gasteiger partial charge in [-0.2, -0.15) is 10.2 Å². The third-order valence-electron chi connectivity index (χ3n) is 2.43. The molecule has 0 N–H and O–H groups in total. The summed E-state index contributed by atoms with van der Waals surface area (Å²) in [6.07, 6.45) is 0.680. The van der Waals surface area contributed by atoms with Crippen LogP contribution in [-0.4, -0.2) is 33.0 Å². The lowest BCUT2D eigenvalue weighted by Crippen LogP contribution is -2.04. The molecule has 2 heterocycles. The molecule has 0 unspecified atom stereocenters. The van der Waals surface area contributed by atoms with Crippen LogP contribution in [0.15, 0.2) is 10.5 Å². The molecule has 0 atom stereocenters. The van der Waals surface area contributed by atoms with Crippen LogP contribution in [0.1, 0.15) is 35.9 Å². The van der Waals surface area contributed by atoms with Gasteiger partial charge < -0.3 is 9.15 Å². The molecular formula is C12H14N4O3. The Morgan fingerprint density at radius 2 is 2.05 bits per heavy atom. The Kier molecular flexibility index (Phi) is 3.84. The van der Waals surface area contributed by atoms with Gasteiger partial charge in [-0.05, 0) is 26.3 Å². The van der Waals surface area contributed by atoms with Crippen molar-refractivity contribution in [1.29, 1.82) is 0 Å². The highest BCUT2D eigenvalue weighted by Crippen LogP contribution is 2.22. The first-order valence-corrected chi connectivity index (χ1v) is 5.99. The van der Waals surface area contributed by atoms with Gasteiger partial charge in [0.15, 0.2) is 0 Å². The number of hydrogen-bond acceptors (Lipinski definition) is 7. The van der Waals surface area contributed by atoms with E-state index in [9.17, 15) is 4.79 Å². The van der Waals surface area contributed by atoms with E-state index in [1.54, 1.807) is 13.0 Å². The summed E-state index contributed by atoms with van der Waals surface area (Å²) in [7, 11) is 0. The van der Waals surface area contributed by atoms with Crippen LogP contribution < -0.4 is 0 Å². The topological polar surface area (TPSA) is 91.0 Å². The van der Waals surface area contributed by atoms with Crippen LogP contribution in [0.5, 0.6) is 0 Å². The minimum absolute atomic E-state index is 0.159. The number of carbonyl (C=O) groups is 1. The fourth-order valence-electron chi connectivity index (χ4n) is 1.57. The molecule has 2 aromatic heterocycles. The molecule has 0 saturated carbocycles. The number of esters is 1. The zero-order valence-electron chi connectivity index (χ0n) is 11.0. The molecule has 7 heteroatoms. The van der Waals surface area contributed by atoms with E-state index in [1.165, 1.54) is 0 Å². The fourth-order valence-corrected chi connectivity index (χ4v) is 1.57. The summed E-state index contributed by atoms with van der Waals surface area (Å²) in [4.78, 5) is 11.5. The number of nitrogens with zero attached hydrogens (tertiary/aromatic N) is 4. The molecule has 0 amide bonds. The van der Waals surface area contributed by atoms with Crippen LogP contribution in [0.3, 0.4) is 0 Å². The van der Waals surface area contributed by atoms with Crippen LogP contribution in [0.2, 0.25) is 0 Å². The number of ether oxygens (including phenoxy) is 1. The number of rotatable bonds is 4. The minimum Gasteiger partial charge on any atom is -0.459 e. The van der Waals surface area contributed by atoms with Crippen molar-refractivity contribution in [2.75, 3.05) is 6.61 Å². The molecule has 19 heavy (non-hydrogen) atoms. The quantitative estimate of drug-likeness (QED) is 0.772. The van der Waals surface area contributed by atoms with Crippen LogP contribution in [0, 0.1) is 6.92 Å². The number of carbonyl (C=O) groups excluding carboxylic acids is 1. The Hall–Kier alpha value is -2.31. The van der Waals surface area contributed by atoms with Gasteiger partial charge in [0, 0.05) is 0 Å². The van der Waals surface area contributed by atoms with Gasteiger partial charge in [-0.25, -0.2) is 4.79 Å². The van der Waals surface area contributed by atoms with Crippen molar-refractivity contribution in [3.05, 3.63) is 23.3 Å². The molecule has 2 aromatic rings. The molecule has 0 saturated heterocycles. The van der Waals surface area contributed by atoms with E-state index in [0.29, 0.717) is 12.0 Å². The maximum Gasteiger partial charge on any atom is 0.396 e. The van der Waals surface area contributed by atoms with Crippen molar-refractivity contribution in [3.8, 4) is 11.5 Å². The average Bonchev–Trinajstić information content (AvgIpc) is 2.88. The summed E-state index contributed by atoms with van der Waals surface area (Å²) in [6.45, 7) is 5.73. The molecular weight excluding hydrogens is 248 g/mol. The molecule has 0 spiro atoms. The number of hydrogen-bond donors (Lipinski definition) is 0. The number of aromatic nitrogens is 4. The highest BCUT2D eigenvalue weighted by molar-refractivity contribution is 5.84. The van der Waals surface area contributed by atoms with Crippen molar-refractivity contribution < 1.29 is 13.9 Å². The highest BCUT2D eigenvalue weighted by atomic mass is 16.5. The molecule has 2 rings (SSSR count). The van der Waals surface area contributed by atoms with Gasteiger partial charge >= 0.3 is 11.9 Å². The van der Waals surface area contributed by atoms with Crippen molar-refractivity contribution in [3.63, 3.8) is 0 Å². The van der Waals surface area contributed by atoms with Gasteiger partial charge in [-0.3, -0.25) is 0 Å². The Labute approximate surface area is 110 Å². The van der Waals surface area contributed by atoms with Gasteiger partial charge in [0.1, 0.15) is 0 Å². The molecule has 0 aliphatic heterocycles. The monoisotopic (exact) mass is 262 g/mol. The highest BCUT2D eigenvalue weighted by Gasteiger charge is 2.19. The van der Waals surface area contributed by atoms with Crippen LogP contribution in [0.25, 0.3) is 11.5 Å². The first kappa shape index (κ1) is 13.1. The van der Waals surface area contributed by atoms with Gasteiger partial charge in [-0.15, -0.1) is 10.2 Å². The van der Waals surface area contributed by atoms with Gasteiger partial charge in [-0.1, -0.05) is 6.92 Å². The van der Waals surface area contributed by atoms with E-state index in [0.717, 1.165) is 11.4 Å². The van der Waals surface area contributed by atoms with Crippen molar-refractivity contribution in [2.45, 2.75) is 27.2 Å². The van der Waals surface area contributed by atoms with E-state index in [1.807, 2.05) is 13.8 Å². The Balaban J connectivity index is 2.37. The SMILES string of the molecule is CCOC(=O)c1nnc(-c2cc(C)nnc2CC)o1. The van der Waals surface area contributed by atoms with Gasteiger partial charge in [0.2, 0.25) is 5.89 Å². The van der Waals surface area contributed by atoms with Gasteiger partial charge in [0.25, 0.3) is 0 Å². The fraction of sp³-hybridized carbons (Fsp3) is 0.417. The standard InChI is InChI=1S/C12H14N4O3/c1-4-9-8(6-7(3)13-14-9)10-15-16-11(19-10)12(17)18-5-2/h6H,4-5H2,1-3H3. The predicted octanol–water partition coefficient (Wildman–Crippen LogP) is 1.57. The summed E-state index contributed by atoms with van der Waals surface area (Å²) in [6, 6.07) is 1.80. The van der Waals surface area contributed by atoms with E-state index >= 15 is 0 Å². The van der Waals surface area contributed by atoms with E-state index in [4.69, 9.17) is 9.15 Å². The summed E-state index contributed by atoms with van der Waals surface area (Å²) < 4.78 is 10.1. The lowest BCUT2D eigenvalue weighted by Gasteiger charge is -2.02. The minimum atomic E-state index is -0.627. The average molecular weight is 262 g/mol. The second-order valence-electron chi connectivity index (χ2n) is 3.83. The molecule has 0 radical (unpaired) electrons. The lowest BCUT2D eigenvalue weighted by molar-refractivity contribution is 0.0481. The van der Waals surface area contributed by atoms with Crippen molar-refractivity contribution in [1.82, 2.24) is 20.4 Å². The first-order valence-electron chi connectivity index (χ1n) is 5.99. The summed E-state index contributed by atoms with van der Waals surface area (Å²) in [5.74, 6) is -0.538. The maximum atomic E-state index is 11.5. The summed E-state index contributed by atoms with van der Waals surface area (Å²) in [5, 5.41) is 15.6. The molecule has 0 fully saturated rings. The molecule has 7 nitrogen and oxygen atoms in total. The first-order chi connectivity index (χ1) is 9.15. The van der Waals surface area contributed by atoms with Crippen molar-refractivity contribution in [2.24, 2.45) is 0 Å². The van der Waals surface area contributed by atoms with E-state index in [2.05, 4.69) is 20.4 Å². The number of aryl methyl sites for hydroxylation is 2. The van der Waals surface area contributed by atoms with Crippen molar-refractivity contribution >= 4 is 5.97 Å². The largest absolute Gasteiger partial charge is 0.459 e. The second-order valence-corrected chi connectivity index (χ2v) is 3.83. The summed E-state index contributed by atoms with van der Waals surface area (Å²) >= 11 is 0. The Morgan fingerprint density at radius 1 is 1.26 bits per heavy atom. The van der Waals surface area contributed by atoms with E-state index in [-0.39, 0.29) is 18.4 Å². The molecule has 0 aliphatic carbocycles. The molecule has 100 valence electrons. The smallest absolute Gasteiger partial charge is 0.396 e. The second kappa shape index (κ2) is 5.55. The zero-order valence-corrected chi connectivity index (χ0v) is 11.0. The predicted molar refractivity (Wildman–Crippen MR) is 65.4 cm³/mol.